The fourth-order valence-electron chi connectivity index (χ4n) is 1.83. The van der Waals surface area contributed by atoms with Gasteiger partial charge in [0.25, 0.3) is 11.5 Å². The fraction of sp³-hybridized carbons (Fsp3) is 0.154. The van der Waals surface area contributed by atoms with Gasteiger partial charge >= 0.3 is 0 Å². The third kappa shape index (κ3) is 2.50. The Kier molecular flexibility index (Phi) is 3.62. The van der Waals surface area contributed by atoms with E-state index in [1.165, 1.54) is 26.8 Å². The molecule has 0 aromatic carbocycles. The highest BCUT2D eigenvalue weighted by Crippen LogP contribution is 2.08. The van der Waals surface area contributed by atoms with Gasteiger partial charge in [0.15, 0.2) is 4.96 Å². The van der Waals surface area contributed by atoms with Crippen LogP contribution < -0.4 is 10.9 Å². The van der Waals surface area contributed by atoms with Crippen LogP contribution in [0.4, 0.5) is 0 Å². The molecule has 0 aliphatic carbocycles. The lowest BCUT2D eigenvalue weighted by Gasteiger charge is -2.03. The van der Waals surface area contributed by atoms with Gasteiger partial charge < -0.3 is 5.32 Å². The van der Waals surface area contributed by atoms with Crippen molar-refractivity contribution in [3.05, 3.63) is 56.1 Å². The Morgan fingerprint density at radius 3 is 3.05 bits per heavy atom. The second-order valence-electron chi connectivity index (χ2n) is 4.12. The first-order chi connectivity index (χ1) is 9.75. The molecule has 3 heterocycles. The average Bonchev–Trinajstić information content (AvgIpc) is 3.09. The fourth-order valence-corrected chi connectivity index (χ4v) is 3.21. The third-order valence-electron chi connectivity index (χ3n) is 2.82. The van der Waals surface area contributed by atoms with Crippen molar-refractivity contribution >= 4 is 33.5 Å². The molecule has 7 heteroatoms. The van der Waals surface area contributed by atoms with Gasteiger partial charge in [0.2, 0.25) is 0 Å². The van der Waals surface area contributed by atoms with E-state index in [9.17, 15) is 9.59 Å². The summed E-state index contributed by atoms with van der Waals surface area (Å²) < 4.78 is 1.39. The van der Waals surface area contributed by atoms with Crippen molar-refractivity contribution in [3.8, 4) is 0 Å². The van der Waals surface area contributed by atoms with E-state index in [0.29, 0.717) is 11.5 Å². The zero-order chi connectivity index (χ0) is 13.9. The Morgan fingerprint density at radius 1 is 1.35 bits per heavy atom. The molecule has 0 saturated carbocycles. The summed E-state index contributed by atoms with van der Waals surface area (Å²) in [6.07, 6.45) is 3.73. The zero-order valence-electron chi connectivity index (χ0n) is 10.4. The number of hydrogen-bond acceptors (Lipinski definition) is 5. The van der Waals surface area contributed by atoms with Crippen molar-refractivity contribution in [1.29, 1.82) is 0 Å². The van der Waals surface area contributed by atoms with Crippen molar-refractivity contribution < 1.29 is 4.79 Å². The number of hydrogen-bond donors (Lipinski definition) is 1. The summed E-state index contributed by atoms with van der Waals surface area (Å²) in [6.45, 7) is 0.505. The first-order valence-electron chi connectivity index (χ1n) is 6.01. The average molecular weight is 305 g/mol. The van der Waals surface area contributed by atoms with E-state index in [4.69, 9.17) is 0 Å². The lowest BCUT2D eigenvalue weighted by atomic mass is 10.3. The third-order valence-corrected chi connectivity index (χ3v) is 4.53. The molecule has 3 aromatic rings. The first kappa shape index (κ1) is 13.0. The van der Waals surface area contributed by atoms with E-state index in [1.54, 1.807) is 22.9 Å². The lowest BCUT2D eigenvalue weighted by molar-refractivity contribution is 0.0952. The van der Waals surface area contributed by atoms with Gasteiger partial charge in [0.1, 0.15) is 5.56 Å². The minimum Gasteiger partial charge on any atom is -0.351 e. The minimum absolute atomic E-state index is 0.0760. The van der Waals surface area contributed by atoms with Gasteiger partial charge in [-0.25, -0.2) is 4.98 Å². The molecule has 0 unspecified atom stereocenters. The summed E-state index contributed by atoms with van der Waals surface area (Å²) in [6, 6.07) is 3.99. The molecule has 0 fully saturated rings. The number of aromatic nitrogens is 2. The van der Waals surface area contributed by atoms with Gasteiger partial charge in [0.05, 0.1) is 0 Å². The van der Waals surface area contributed by atoms with Crippen molar-refractivity contribution in [2.24, 2.45) is 0 Å². The Bertz CT molecular complexity index is 789. The van der Waals surface area contributed by atoms with Gasteiger partial charge in [-0.15, -0.1) is 22.7 Å². The Balaban J connectivity index is 1.72. The molecule has 0 saturated heterocycles. The molecule has 1 N–H and O–H groups in total. The van der Waals surface area contributed by atoms with Crippen molar-refractivity contribution in [3.63, 3.8) is 0 Å². The highest BCUT2D eigenvalue weighted by atomic mass is 32.1. The van der Waals surface area contributed by atoms with Crippen molar-refractivity contribution in [2.75, 3.05) is 6.54 Å². The van der Waals surface area contributed by atoms with E-state index in [-0.39, 0.29) is 17.0 Å². The number of nitrogens with one attached hydrogen (secondary N) is 1. The quantitative estimate of drug-likeness (QED) is 0.799. The van der Waals surface area contributed by atoms with E-state index in [0.717, 1.165) is 6.42 Å². The SMILES string of the molecule is O=C(NCCc1cccs1)c1cnc2sccn2c1=O. The number of carbonyl (C=O) groups is 1. The van der Waals surface area contributed by atoms with E-state index in [2.05, 4.69) is 10.3 Å². The maximum atomic E-state index is 12.1. The molecular formula is C13H11N3O2S2. The zero-order valence-corrected chi connectivity index (χ0v) is 12.0. The Hall–Kier alpha value is -1.99. The van der Waals surface area contributed by atoms with Crippen molar-refractivity contribution in [1.82, 2.24) is 14.7 Å². The van der Waals surface area contributed by atoms with Gasteiger partial charge in [-0.2, -0.15) is 0 Å². The second-order valence-corrected chi connectivity index (χ2v) is 6.02. The number of thiazole rings is 1. The molecule has 0 radical (unpaired) electrons. The summed E-state index contributed by atoms with van der Waals surface area (Å²) in [5.74, 6) is -0.375. The number of fused-ring (bicyclic) bond motifs is 1. The van der Waals surface area contributed by atoms with Crippen LogP contribution in [0.3, 0.4) is 0 Å². The number of amides is 1. The van der Waals surface area contributed by atoms with Crippen LogP contribution in [0.2, 0.25) is 0 Å². The molecule has 3 rings (SSSR count). The van der Waals surface area contributed by atoms with Gasteiger partial charge in [-0.3, -0.25) is 14.0 Å². The summed E-state index contributed by atoms with van der Waals surface area (Å²) in [7, 11) is 0. The number of thiophene rings is 1. The van der Waals surface area contributed by atoms with Gasteiger partial charge in [-0.1, -0.05) is 6.07 Å². The second kappa shape index (κ2) is 5.56. The molecule has 102 valence electrons. The number of nitrogens with zero attached hydrogens (tertiary/aromatic N) is 2. The van der Waals surface area contributed by atoms with Crippen LogP contribution >= 0.6 is 22.7 Å². The predicted octanol–water partition coefficient (Wildman–Crippen LogP) is 1.79. The normalized spacial score (nSPS) is 10.8. The molecule has 0 aliphatic rings. The Morgan fingerprint density at radius 2 is 2.25 bits per heavy atom. The summed E-state index contributed by atoms with van der Waals surface area (Å²) >= 11 is 3.01. The molecule has 0 bridgehead atoms. The topological polar surface area (TPSA) is 63.5 Å². The van der Waals surface area contributed by atoms with Gasteiger partial charge in [0, 0.05) is 29.2 Å². The molecule has 0 spiro atoms. The molecule has 1 amide bonds. The van der Waals surface area contributed by atoms with Crippen LogP contribution in [0.25, 0.3) is 4.96 Å². The molecule has 0 atom stereocenters. The largest absolute Gasteiger partial charge is 0.351 e. The summed E-state index contributed by atoms with van der Waals surface area (Å²) in [5, 5.41) is 6.52. The van der Waals surface area contributed by atoms with Crippen LogP contribution in [0.5, 0.6) is 0 Å². The van der Waals surface area contributed by atoms with E-state index in [1.807, 2.05) is 17.5 Å². The van der Waals surface area contributed by atoms with Crippen LogP contribution in [0.15, 0.2) is 40.1 Å². The van der Waals surface area contributed by atoms with Crippen LogP contribution in [-0.2, 0) is 6.42 Å². The van der Waals surface area contributed by atoms with Crippen LogP contribution in [-0.4, -0.2) is 21.8 Å². The first-order valence-corrected chi connectivity index (χ1v) is 7.77. The highest BCUT2D eigenvalue weighted by molar-refractivity contribution is 7.15. The molecule has 0 aliphatic heterocycles. The smallest absolute Gasteiger partial charge is 0.271 e. The molecule has 20 heavy (non-hydrogen) atoms. The maximum Gasteiger partial charge on any atom is 0.271 e. The monoisotopic (exact) mass is 305 g/mol. The minimum atomic E-state index is -0.375. The van der Waals surface area contributed by atoms with E-state index >= 15 is 0 Å². The summed E-state index contributed by atoms with van der Waals surface area (Å²) in [5.41, 5.74) is -0.253. The lowest BCUT2D eigenvalue weighted by Crippen LogP contribution is -2.32. The number of carbonyl (C=O) groups excluding carboxylic acids is 1. The highest BCUT2D eigenvalue weighted by Gasteiger charge is 2.13. The standard InChI is InChI=1S/C13H11N3O2S2/c17-11(14-4-3-9-2-1-6-19-9)10-8-15-13-16(12(10)18)5-7-20-13/h1-2,5-8H,3-4H2,(H,14,17). The van der Waals surface area contributed by atoms with Crippen molar-refractivity contribution in [2.45, 2.75) is 6.42 Å². The van der Waals surface area contributed by atoms with E-state index < -0.39 is 0 Å². The predicted molar refractivity (Wildman–Crippen MR) is 79.7 cm³/mol. The van der Waals surface area contributed by atoms with Crippen LogP contribution in [0, 0.1) is 0 Å². The molecular weight excluding hydrogens is 294 g/mol. The van der Waals surface area contributed by atoms with Crippen LogP contribution in [0.1, 0.15) is 15.2 Å². The maximum absolute atomic E-state index is 12.1. The molecule has 5 nitrogen and oxygen atoms in total. The molecule has 3 aromatic heterocycles. The summed E-state index contributed by atoms with van der Waals surface area (Å²) in [4.78, 5) is 30.0. The number of rotatable bonds is 4. The van der Waals surface area contributed by atoms with Gasteiger partial charge in [-0.05, 0) is 17.9 Å². The Labute approximate surface area is 122 Å².